The lowest BCUT2D eigenvalue weighted by atomic mass is 10.2. The molecule has 0 radical (unpaired) electrons. The topological polar surface area (TPSA) is 81.4 Å². The molecule has 0 aliphatic carbocycles. The van der Waals surface area contributed by atoms with E-state index in [1.54, 1.807) is 6.92 Å². The van der Waals surface area contributed by atoms with E-state index >= 15 is 0 Å². The zero-order chi connectivity index (χ0) is 16.8. The van der Waals surface area contributed by atoms with Gasteiger partial charge in [0.1, 0.15) is 11.3 Å². The van der Waals surface area contributed by atoms with Crippen LogP contribution in [0.25, 0.3) is 11.1 Å². The molecule has 0 aliphatic rings. The summed E-state index contributed by atoms with van der Waals surface area (Å²) in [6.45, 7) is 6.10. The normalized spacial score (nSPS) is 12.3. The van der Waals surface area contributed by atoms with Crippen LogP contribution in [-0.2, 0) is 14.3 Å². The third-order valence-electron chi connectivity index (χ3n) is 2.95. The van der Waals surface area contributed by atoms with Gasteiger partial charge in [0.05, 0.1) is 0 Å². The van der Waals surface area contributed by atoms with Crippen LogP contribution >= 0.6 is 11.8 Å². The molecule has 1 N–H and O–H groups in total. The van der Waals surface area contributed by atoms with E-state index in [0.717, 1.165) is 17.3 Å². The van der Waals surface area contributed by atoms with Crippen LogP contribution in [0.1, 0.15) is 20.8 Å². The lowest BCUT2D eigenvalue weighted by Crippen LogP contribution is -2.37. The van der Waals surface area contributed by atoms with Crippen molar-refractivity contribution in [2.45, 2.75) is 32.1 Å². The first-order chi connectivity index (χ1) is 11.0. The van der Waals surface area contributed by atoms with Crippen molar-refractivity contribution in [2.24, 2.45) is 5.92 Å². The first kappa shape index (κ1) is 17.3. The molecule has 6 nitrogen and oxygen atoms in total. The van der Waals surface area contributed by atoms with E-state index in [4.69, 9.17) is 9.15 Å². The summed E-state index contributed by atoms with van der Waals surface area (Å²) >= 11 is 1.14. The molecule has 0 saturated heterocycles. The fourth-order valence-electron chi connectivity index (χ4n) is 1.77. The van der Waals surface area contributed by atoms with Crippen LogP contribution in [0, 0.1) is 5.92 Å². The molecule has 7 heteroatoms. The highest BCUT2D eigenvalue weighted by Gasteiger charge is 2.18. The van der Waals surface area contributed by atoms with Gasteiger partial charge in [-0.3, -0.25) is 9.59 Å². The largest absolute Gasteiger partial charge is 0.452 e. The van der Waals surface area contributed by atoms with Crippen molar-refractivity contribution in [3.05, 3.63) is 24.3 Å². The average molecular weight is 336 g/mol. The van der Waals surface area contributed by atoms with Crippen LogP contribution < -0.4 is 5.32 Å². The number of amides is 1. The Labute approximate surface area is 139 Å². The smallest absolute Gasteiger partial charge is 0.317 e. The average Bonchev–Trinajstić information content (AvgIpc) is 2.93. The fraction of sp³-hybridized carbons (Fsp3) is 0.438. The number of nitrogens with zero attached hydrogens (tertiary/aromatic N) is 1. The molecule has 1 heterocycles. The number of aromatic nitrogens is 1. The second kappa shape index (κ2) is 8.01. The highest BCUT2D eigenvalue weighted by Crippen LogP contribution is 2.23. The number of carbonyl (C=O) groups excluding carboxylic acids is 2. The summed E-state index contributed by atoms with van der Waals surface area (Å²) in [5.74, 6) is -0.394. The Kier molecular flexibility index (Phi) is 6.04. The standard InChI is InChI=1S/C16H20N2O4S/c1-10(2)8-17-15(20)11(3)21-14(19)9-23-16-18-12-6-4-5-7-13(12)22-16/h4-7,10-11H,8-9H2,1-3H3,(H,17,20)/t11-/m1/s1. The van der Waals surface area contributed by atoms with Gasteiger partial charge in [-0.25, -0.2) is 4.98 Å². The Morgan fingerprint density at radius 2 is 2.04 bits per heavy atom. The highest BCUT2D eigenvalue weighted by molar-refractivity contribution is 7.99. The van der Waals surface area contributed by atoms with Gasteiger partial charge < -0.3 is 14.5 Å². The molecule has 2 aromatic rings. The Balaban J connectivity index is 1.79. The number of hydrogen-bond donors (Lipinski definition) is 1. The van der Waals surface area contributed by atoms with Crippen LogP contribution in [0.3, 0.4) is 0 Å². The van der Waals surface area contributed by atoms with Gasteiger partial charge in [0.25, 0.3) is 11.1 Å². The van der Waals surface area contributed by atoms with E-state index in [9.17, 15) is 9.59 Å². The van der Waals surface area contributed by atoms with Gasteiger partial charge >= 0.3 is 5.97 Å². The molecule has 23 heavy (non-hydrogen) atoms. The van der Waals surface area contributed by atoms with E-state index in [0.29, 0.717) is 23.3 Å². The Morgan fingerprint density at radius 1 is 1.30 bits per heavy atom. The van der Waals surface area contributed by atoms with Gasteiger partial charge in [-0.1, -0.05) is 37.7 Å². The van der Waals surface area contributed by atoms with Gasteiger partial charge in [0.2, 0.25) is 0 Å². The molecule has 0 spiro atoms. The van der Waals surface area contributed by atoms with Crippen LogP contribution in [0.15, 0.2) is 33.9 Å². The zero-order valence-electron chi connectivity index (χ0n) is 13.4. The molecule has 0 aliphatic heterocycles. The van der Waals surface area contributed by atoms with Gasteiger partial charge in [-0.2, -0.15) is 0 Å². The first-order valence-corrected chi connectivity index (χ1v) is 8.40. The van der Waals surface area contributed by atoms with Crippen LogP contribution in [-0.4, -0.2) is 35.3 Å². The van der Waals surface area contributed by atoms with Crippen molar-refractivity contribution in [1.29, 1.82) is 0 Å². The van der Waals surface area contributed by atoms with Crippen LogP contribution in [0.2, 0.25) is 0 Å². The Morgan fingerprint density at radius 3 is 2.74 bits per heavy atom. The van der Waals surface area contributed by atoms with E-state index in [2.05, 4.69) is 10.3 Å². The number of carbonyl (C=O) groups is 2. The summed E-state index contributed by atoms with van der Waals surface area (Å²) in [5, 5.41) is 3.13. The number of rotatable bonds is 7. The monoisotopic (exact) mass is 336 g/mol. The highest BCUT2D eigenvalue weighted by atomic mass is 32.2. The maximum atomic E-state index is 11.8. The maximum absolute atomic E-state index is 11.8. The number of thioether (sulfide) groups is 1. The van der Waals surface area contributed by atoms with Crippen molar-refractivity contribution in [1.82, 2.24) is 10.3 Å². The minimum atomic E-state index is -0.814. The molecule has 0 unspecified atom stereocenters. The van der Waals surface area contributed by atoms with Gasteiger partial charge in [-0.15, -0.1) is 0 Å². The number of nitrogens with one attached hydrogen (secondary N) is 1. The molecule has 124 valence electrons. The molecule has 1 amide bonds. The molecule has 0 fully saturated rings. The second-order valence-electron chi connectivity index (χ2n) is 5.51. The number of benzene rings is 1. The minimum Gasteiger partial charge on any atom is -0.452 e. The number of ether oxygens (including phenoxy) is 1. The van der Waals surface area contributed by atoms with Gasteiger partial charge in [-0.05, 0) is 25.0 Å². The van der Waals surface area contributed by atoms with Gasteiger partial charge in [0, 0.05) is 6.54 Å². The predicted octanol–water partition coefficient (Wildman–Crippen LogP) is 2.62. The fourth-order valence-corrected chi connectivity index (χ4v) is 2.39. The number of para-hydroxylation sites is 2. The summed E-state index contributed by atoms with van der Waals surface area (Å²) in [4.78, 5) is 27.8. The van der Waals surface area contributed by atoms with Crippen molar-refractivity contribution < 1.29 is 18.7 Å². The third kappa shape index (κ3) is 5.28. The number of fused-ring (bicyclic) bond motifs is 1. The summed E-state index contributed by atoms with van der Waals surface area (Å²) in [6.07, 6.45) is -0.814. The molecular formula is C16H20N2O4S. The van der Waals surface area contributed by atoms with E-state index in [-0.39, 0.29) is 11.7 Å². The summed E-state index contributed by atoms with van der Waals surface area (Å²) in [7, 11) is 0. The molecule has 0 saturated carbocycles. The minimum absolute atomic E-state index is 0.0363. The molecule has 1 aromatic heterocycles. The van der Waals surface area contributed by atoms with Crippen LogP contribution in [0.5, 0.6) is 0 Å². The number of oxazole rings is 1. The Bertz CT molecular complexity index is 651. The molecular weight excluding hydrogens is 316 g/mol. The molecule has 1 atom stereocenters. The molecule has 2 rings (SSSR count). The van der Waals surface area contributed by atoms with Crippen molar-refractivity contribution in [3.8, 4) is 0 Å². The second-order valence-corrected chi connectivity index (χ2v) is 6.43. The zero-order valence-corrected chi connectivity index (χ0v) is 14.2. The Hall–Kier alpha value is -2.02. The molecule has 1 aromatic carbocycles. The number of esters is 1. The quantitative estimate of drug-likeness (QED) is 0.618. The number of hydrogen-bond acceptors (Lipinski definition) is 6. The van der Waals surface area contributed by atoms with Crippen LogP contribution in [0.4, 0.5) is 0 Å². The van der Waals surface area contributed by atoms with E-state index < -0.39 is 12.1 Å². The van der Waals surface area contributed by atoms with Crippen molar-refractivity contribution in [3.63, 3.8) is 0 Å². The SMILES string of the molecule is CC(C)CNC(=O)[C@@H](C)OC(=O)CSc1nc2ccccc2o1. The van der Waals surface area contributed by atoms with Crippen molar-refractivity contribution >= 4 is 34.7 Å². The summed E-state index contributed by atoms with van der Waals surface area (Å²) < 4.78 is 10.6. The lowest BCUT2D eigenvalue weighted by Gasteiger charge is -2.14. The van der Waals surface area contributed by atoms with E-state index in [1.807, 2.05) is 38.1 Å². The summed E-state index contributed by atoms with van der Waals surface area (Å²) in [6, 6.07) is 7.37. The maximum Gasteiger partial charge on any atom is 0.317 e. The lowest BCUT2D eigenvalue weighted by molar-refractivity contribution is -0.152. The predicted molar refractivity (Wildman–Crippen MR) is 88.1 cm³/mol. The summed E-state index contributed by atoms with van der Waals surface area (Å²) in [5.41, 5.74) is 1.41. The van der Waals surface area contributed by atoms with Crippen molar-refractivity contribution in [2.75, 3.05) is 12.3 Å². The molecule has 0 bridgehead atoms. The van der Waals surface area contributed by atoms with Gasteiger partial charge in [0.15, 0.2) is 11.7 Å². The third-order valence-corrected chi connectivity index (χ3v) is 3.75. The van der Waals surface area contributed by atoms with E-state index in [1.165, 1.54) is 0 Å². The first-order valence-electron chi connectivity index (χ1n) is 7.41.